The summed E-state index contributed by atoms with van der Waals surface area (Å²) in [6.45, 7) is 2.41. The van der Waals surface area contributed by atoms with Gasteiger partial charge in [0.1, 0.15) is 28.1 Å². The highest BCUT2D eigenvalue weighted by Gasteiger charge is 2.39. The van der Waals surface area contributed by atoms with Gasteiger partial charge in [0.25, 0.3) is 5.69 Å². The van der Waals surface area contributed by atoms with E-state index in [1.165, 1.54) is 37.1 Å². The van der Waals surface area contributed by atoms with Gasteiger partial charge < -0.3 is 14.8 Å². The number of rotatable bonds is 9. The minimum Gasteiger partial charge on any atom is -0.496 e. The summed E-state index contributed by atoms with van der Waals surface area (Å²) in [6.07, 6.45) is 0.562. The van der Waals surface area contributed by atoms with Crippen molar-refractivity contribution >= 4 is 45.8 Å². The van der Waals surface area contributed by atoms with Gasteiger partial charge in [-0.2, -0.15) is 0 Å². The molecule has 3 rings (SSSR count). The van der Waals surface area contributed by atoms with E-state index < -0.39 is 16.1 Å². The number of nitrogens with one attached hydrogen (secondary N) is 1. The molecule has 10 nitrogen and oxygen atoms in total. The van der Waals surface area contributed by atoms with Crippen molar-refractivity contribution < 1.29 is 24.0 Å². The number of hydrogen-bond acceptors (Lipinski definition) is 8. The van der Waals surface area contributed by atoms with Gasteiger partial charge in [-0.05, 0) is 30.7 Å². The molecule has 2 aromatic rings. The number of aliphatic imine (C=N–C) groups is 1. The van der Waals surface area contributed by atoms with Gasteiger partial charge in [0.2, 0.25) is 11.8 Å². The molecule has 11 heteroatoms. The van der Waals surface area contributed by atoms with Crippen LogP contribution in [0.25, 0.3) is 0 Å². The highest BCUT2D eigenvalue weighted by Crippen LogP contribution is 2.35. The zero-order valence-corrected chi connectivity index (χ0v) is 19.3. The molecule has 0 radical (unpaired) electrons. The van der Waals surface area contributed by atoms with Crippen LogP contribution in [-0.2, 0) is 9.59 Å². The molecule has 1 atom stereocenters. The Labute approximate surface area is 195 Å². The Bertz CT molecular complexity index is 1090. The fourth-order valence-electron chi connectivity index (χ4n) is 3.24. The maximum atomic E-state index is 13.0. The van der Waals surface area contributed by atoms with Crippen LogP contribution in [0.4, 0.5) is 17.1 Å². The number of ether oxygens (including phenoxy) is 2. The lowest BCUT2D eigenvalue weighted by molar-refractivity contribution is -0.384. The highest BCUT2D eigenvalue weighted by atomic mass is 32.2. The van der Waals surface area contributed by atoms with Crippen molar-refractivity contribution in [1.29, 1.82) is 0 Å². The Morgan fingerprint density at radius 2 is 2.00 bits per heavy atom. The monoisotopic (exact) mass is 472 g/mol. The second-order valence-corrected chi connectivity index (χ2v) is 8.22. The summed E-state index contributed by atoms with van der Waals surface area (Å²) < 4.78 is 10.3. The lowest BCUT2D eigenvalue weighted by Gasteiger charge is -2.15. The van der Waals surface area contributed by atoms with Gasteiger partial charge >= 0.3 is 0 Å². The van der Waals surface area contributed by atoms with E-state index in [0.717, 1.165) is 0 Å². The van der Waals surface area contributed by atoms with Gasteiger partial charge in [0.15, 0.2) is 5.17 Å². The highest BCUT2D eigenvalue weighted by molar-refractivity contribution is 8.15. The fourth-order valence-corrected chi connectivity index (χ4v) is 4.42. The van der Waals surface area contributed by atoms with Crippen LogP contribution < -0.4 is 14.8 Å². The molecule has 0 saturated carbocycles. The first kappa shape index (κ1) is 24.1. The SMILES string of the molecule is CCCN1C(=O)C(CC(=O)Nc2ccc(OC)cc2[N+](=O)[O-])SC1=Nc1ccccc1OC. The van der Waals surface area contributed by atoms with Crippen molar-refractivity contribution in [3.8, 4) is 11.5 Å². The largest absolute Gasteiger partial charge is 0.496 e. The van der Waals surface area contributed by atoms with E-state index in [0.29, 0.717) is 35.3 Å². The van der Waals surface area contributed by atoms with Crippen LogP contribution in [0.3, 0.4) is 0 Å². The van der Waals surface area contributed by atoms with Crippen LogP contribution in [0, 0.1) is 10.1 Å². The Morgan fingerprint density at radius 1 is 1.24 bits per heavy atom. The lowest BCUT2D eigenvalue weighted by atomic mass is 10.2. The van der Waals surface area contributed by atoms with Gasteiger partial charge in [-0.1, -0.05) is 30.8 Å². The maximum Gasteiger partial charge on any atom is 0.296 e. The molecule has 0 aliphatic carbocycles. The number of carbonyl (C=O) groups excluding carboxylic acids is 2. The standard InChI is InChI=1S/C22H24N4O6S/c1-4-11-25-21(28)19(33-22(25)24-16-7-5-6-8-18(16)32-3)13-20(27)23-15-10-9-14(31-2)12-17(15)26(29)30/h5-10,12,19H,4,11,13H2,1-3H3,(H,23,27). The molecule has 33 heavy (non-hydrogen) atoms. The van der Waals surface area contributed by atoms with Gasteiger partial charge in [-0.15, -0.1) is 0 Å². The quantitative estimate of drug-likeness (QED) is 0.432. The van der Waals surface area contributed by atoms with E-state index in [1.54, 1.807) is 24.1 Å². The molecule has 1 N–H and O–H groups in total. The number of hydrogen-bond donors (Lipinski definition) is 1. The van der Waals surface area contributed by atoms with E-state index in [2.05, 4.69) is 10.3 Å². The number of carbonyl (C=O) groups is 2. The molecular weight excluding hydrogens is 448 g/mol. The number of amidine groups is 1. The summed E-state index contributed by atoms with van der Waals surface area (Å²) in [4.78, 5) is 42.6. The number of methoxy groups -OCH3 is 2. The van der Waals surface area contributed by atoms with Gasteiger partial charge in [0, 0.05) is 13.0 Å². The molecule has 0 spiro atoms. The number of thioether (sulfide) groups is 1. The Morgan fingerprint density at radius 3 is 2.67 bits per heavy atom. The molecule has 2 aromatic carbocycles. The van der Waals surface area contributed by atoms with Crippen LogP contribution in [0.5, 0.6) is 11.5 Å². The van der Waals surface area contributed by atoms with E-state index in [9.17, 15) is 19.7 Å². The number of nitro groups is 1. The van der Waals surface area contributed by atoms with Crippen molar-refractivity contribution in [2.45, 2.75) is 25.0 Å². The van der Waals surface area contributed by atoms with Crippen LogP contribution in [0.15, 0.2) is 47.5 Å². The first-order valence-electron chi connectivity index (χ1n) is 10.2. The molecule has 2 amide bonds. The van der Waals surface area contributed by atoms with Crippen LogP contribution in [-0.4, -0.2) is 52.8 Å². The molecule has 1 unspecified atom stereocenters. The van der Waals surface area contributed by atoms with Crippen LogP contribution in [0.1, 0.15) is 19.8 Å². The van der Waals surface area contributed by atoms with E-state index in [4.69, 9.17) is 9.47 Å². The summed E-state index contributed by atoms with van der Waals surface area (Å²) in [5, 5.41) is 13.7. The normalized spacial score (nSPS) is 16.7. The minimum absolute atomic E-state index is 0.0366. The molecule has 0 bridgehead atoms. The number of nitrogens with zero attached hydrogens (tertiary/aromatic N) is 3. The molecule has 1 fully saturated rings. The second kappa shape index (κ2) is 10.8. The third-order valence-electron chi connectivity index (χ3n) is 4.81. The van der Waals surface area contributed by atoms with Crippen LogP contribution in [0.2, 0.25) is 0 Å². The Balaban J connectivity index is 1.79. The zero-order valence-electron chi connectivity index (χ0n) is 18.4. The third-order valence-corrected chi connectivity index (χ3v) is 5.99. The summed E-state index contributed by atoms with van der Waals surface area (Å²) in [6, 6.07) is 11.3. The molecule has 0 aromatic heterocycles. The predicted molar refractivity (Wildman–Crippen MR) is 126 cm³/mol. The first-order valence-corrected chi connectivity index (χ1v) is 11.1. The van der Waals surface area contributed by atoms with E-state index in [-0.39, 0.29) is 23.7 Å². The average Bonchev–Trinajstić information content (AvgIpc) is 3.08. The van der Waals surface area contributed by atoms with Gasteiger partial charge in [0.05, 0.1) is 25.2 Å². The predicted octanol–water partition coefficient (Wildman–Crippen LogP) is 3.98. The molecule has 174 valence electrons. The number of para-hydroxylation sites is 2. The lowest BCUT2D eigenvalue weighted by Crippen LogP contribution is -2.34. The van der Waals surface area contributed by atoms with E-state index >= 15 is 0 Å². The second-order valence-electron chi connectivity index (χ2n) is 7.06. The van der Waals surface area contributed by atoms with Crippen molar-refractivity contribution in [1.82, 2.24) is 4.90 Å². The maximum absolute atomic E-state index is 13.0. The number of benzene rings is 2. The van der Waals surface area contributed by atoms with E-state index in [1.807, 2.05) is 19.1 Å². The smallest absolute Gasteiger partial charge is 0.296 e. The van der Waals surface area contributed by atoms with Crippen molar-refractivity contribution in [3.05, 3.63) is 52.6 Å². The summed E-state index contributed by atoms with van der Waals surface area (Å²) in [5.41, 5.74) is 0.323. The number of amides is 2. The summed E-state index contributed by atoms with van der Waals surface area (Å²) >= 11 is 1.19. The van der Waals surface area contributed by atoms with Crippen molar-refractivity contribution in [2.75, 3.05) is 26.1 Å². The summed E-state index contributed by atoms with van der Waals surface area (Å²) in [7, 11) is 2.94. The zero-order chi connectivity index (χ0) is 24.0. The first-order chi connectivity index (χ1) is 15.9. The molecular formula is C22H24N4O6S. The third kappa shape index (κ3) is 5.61. The van der Waals surface area contributed by atoms with Gasteiger partial charge in [-0.3, -0.25) is 24.6 Å². The molecule has 1 aliphatic heterocycles. The van der Waals surface area contributed by atoms with Gasteiger partial charge in [-0.25, -0.2) is 4.99 Å². The minimum atomic E-state index is -0.692. The van der Waals surface area contributed by atoms with Crippen molar-refractivity contribution in [3.63, 3.8) is 0 Å². The number of nitro benzene ring substituents is 1. The summed E-state index contributed by atoms with van der Waals surface area (Å²) in [5.74, 6) is 0.134. The van der Waals surface area contributed by atoms with Crippen molar-refractivity contribution in [2.24, 2.45) is 4.99 Å². The Hall–Kier alpha value is -3.60. The van der Waals surface area contributed by atoms with Crippen LogP contribution >= 0.6 is 11.8 Å². The number of anilines is 1. The fraction of sp³-hybridized carbons (Fsp3) is 0.318. The topological polar surface area (TPSA) is 123 Å². The molecule has 1 heterocycles. The average molecular weight is 473 g/mol. The molecule has 1 aliphatic rings. The molecule has 1 saturated heterocycles. The Kier molecular flexibility index (Phi) is 7.88.